The van der Waals surface area contributed by atoms with Gasteiger partial charge in [-0.05, 0) is 29.8 Å². The fraction of sp³-hybridized carbons (Fsp3) is 0.0588. The van der Waals surface area contributed by atoms with Crippen LogP contribution in [0.5, 0.6) is 0 Å². The zero-order chi connectivity index (χ0) is 14.7. The highest BCUT2D eigenvalue weighted by Gasteiger charge is 2.06. The van der Waals surface area contributed by atoms with E-state index in [4.69, 9.17) is 16.9 Å². The fourth-order valence-electron chi connectivity index (χ4n) is 2.08. The molecule has 0 saturated heterocycles. The van der Waals surface area contributed by atoms with Crippen LogP contribution in [-0.2, 0) is 5.75 Å². The van der Waals surface area contributed by atoms with E-state index >= 15 is 0 Å². The van der Waals surface area contributed by atoms with Gasteiger partial charge in [-0.1, -0.05) is 35.9 Å². The maximum absolute atomic E-state index is 8.86. The van der Waals surface area contributed by atoms with E-state index in [2.05, 4.69) is 29.3 Å². The molecule has 4 heteroatoms. The number of fused-ring (bicyclic) bond motifs is 1. The lowest BCUT2D eigenvalue weighted by Gasteiger charge is -2.07. The third-order valence-electron chi connectivity index (χ3n) is 3.16. The molecule has 0 bridgehead atoms. The van der Waals surface area contributed by atoms with Crippen molar-refractivity contribution in [3.63, 3.8) is 0 Å². The predicted molar refractivity (Wildman–Crippen MR) is 87.5 cm³/mol. The monoisotopic (exact) mass is 310 g/mol. The highest BCUT2D eigenvalue weighted by atomic mass is 35.5. The summed E-state index contributed by atoms with van der Waals surface area (Å²) in [5, 5.41) is 10.6. The molecule has 0 atom stereocenters. The van der Waals surface area contributed by atoms with Crippen molar-refractivity contribution >= 4 is 34.3 Å². The summed E-state index contributed by atoms with van der Waals surface area (Å²) in [6, 6.07) is 17.7. The standard InChI is InChI=1S/C17H11ClN2S/c18-15-9-12(10-19)6-7-14(15)11-21-16-5-1-3-13-4-2-8-20-17(13)16/h1-9H,11H2. The predicted octanol–water partition coefficient (Wildman–Crippen LogP) is 5.05. The number of rotatable bonds is 3. The Morgan fingerprint density at radius 3 is 2.81 bits per heavy atom. The number of aromatic nitrogens is 1. The lowest BCUT2D eigenvalue weighted by molar-refractivity contribution is 1.33. The van der Waals surface area contributed by atoms with Crippen LogP contribution in [-0.4, -0.2) is 4.98 Å². The Morgan fingerprint density at radius 2 is 2.00 bits per heavy atom. The normalized spacial score (nSPS) is 10.5. The molecule has 3 rings (SSSR count). The maximum Gasteiger partial charge on any atom is 0.0992 e. The molecule has 0 fully saturated rings. The second kappa shape index (κ2) is 6.17. The number of halogens is 1. The molecule has 2 nitrogen and oxygen atoms in total. The van der Waals surface area contributed by atoms with Gasteiger partial charge >= 0.3 is 0 Å². The molecule has 0 saturated carbocycles. The second-order valence-corrected chi connectivity index (χ2v) is 5.96. The van der Waals surface area contributed by atoms with Crippen molar-refractivity contribution < 1.29 is 0 Å². The molecular formula is C17H11ClN2S. The number of hydrogen-bond acceptors (Lipinski definition) is 3. The van der Waals surface area contributed by atoms with Gasteiger partial charge in [0.05, 0.1) is 17.1 Å². The highest BCUT2D eigenvalue weighted by Crippen LogP contribution is 2.31. The molecular weight excluding hydrogens is 300 g/mol. The number of nitrogens with zero attached hydrogens (tertiary/aromatic N) is 2. The van der Waals surface area contributed by atoms with Crippen molar-refractivity contribution in [2.24, 2.45) is 0 Å². The number of nitriles is 1. The molecule has 2 aromatic carbocycles. The van der Waals surface area contributed by atoms with Crippen LogP contribution in [0, 0.1) is 11.3 Å². The Bertz CT molecular complexity index is 834. The largest absolute Gasteiger partial charge is 0.255 e. The van der Waals surface area contributed by atoms with Gasteiger partial charge in [0.25, 0.3) is 0 Å². The maximum atomic E-state index is 8.86. The minimum absolute atomic E-state index is 0.584. The summed E-state index contributed by atoms with van der Waals surface area (Å²) in [5.41, 5.74) is 2.61. The summed E-state index contributed by atoms with van der Waals surface area (Å²) < 4.78 is 0. The van der Waals surface area contributed by atoms with E-state index in [-0.39, 0.29) is 0 Å². The second-order valence-electron chi connectivity index (χ2n) is 4.54. The van der Waals surface area contributed by atoms with E-state index < -0.39 is 0 Å². The molecule has 0 amide bonds. The molecule has 0 aliphatic carbocycles. The molecule has 102 valence electrons. The van der Waals surface area contributed by atoms with Gasteiger partial charge in [-0.25, -0.2) is 0 Å². The quantitative estimate of drug-likeness (QED) is 0.635. The summed E-state index contributed by atoms with van der Waals surface area (Å²) in [5.74, 6) is 0.750. The van der Waals surface area contributed by atoms with E-state index in [1.54, 1.807) is 30.1 Å². The van der Waals surface area contributed by atoms with Crippen LogP contribution in [0.4, 0.5) is 0 Å². The topological polar surface area (TPSA) is 36.7 Å². The summed E-state index contributed by atoms with van der Waals surface area (Å²) >= 11 is 7.91. The van der Waals surface area contributed by atoms with Gasteiger partial charge in [0.2, 0.25) is 0 Å². The Hall–Kier alpha value is -2.02. The molecule has 0 aliphatic rings. The van der Waals surface area contributed by atoms with Crippen LogP contribution in [0.1, 0.15) is 11.1 Å². The molecule has 1 aromatic heterocycles. The van der Waals surface area contributed by atoms with Gasteiger partial charge in [-0.3, -0.25) is 4.98 Å². The average molecular weight is 311 g/mol. The fourth-order valence-corrected chi connectivity index (χ4v) is 3.45. The number of benzene rings is 2. The smallest absolute Gasteiger partial charge is 0.0992 e. The molecule has 0 spiro atoms. The number of para-hydroxylation sites is 1. The van der Waals surface area contributed by atoms with Gasteiger partial charge in [0, 0.05) is 27.3 Å². The Labute approximate surface area is 132 Å². The number of pyridine rings is 1. The van der Waals surface area contributed by atoms with Gasteiger partial charge < -0.3 is 0 Å². The average Bonchev–Trinajstić information content (AvgIpc) is 2.53. The van der Waals surface area contributed by atoms with Crippen LogP contribution < -0.4 is 0 Å². The van der Waals surface area contributed by atoms with Crippen molar-refractivity contribution in [1.29, 1.82) is 5.26 Å². The van der Waals surface area contributed by atoms with Crippen LogP contribution in [0.15, 0.2) is 59.6 Å². The van der Waals surface area contributed by atoms with Gasteiger partial charge in [0.15, 0.2) is 0 Å². The van der Waals surface area contributed by atoms with E-state index in [0.29, 0.717) is 10.6 Å². The van der Waals surface area contributed by atoms with Crippen LogP contribution in [0.3, 0.4) is 0 Å². The molecule has 0 radical (unpaired) electrons. The van der Waals surface area contributed by atoms with Crippen molar-refractivity contribution in [3.05, 3.63) is 70.9 Å². The Balaban J connectivity index is 1.86. The van der Waals surface area contributed by atoms with Crippen LogP contribution >= 0.6 is 23.4 Å². The SMILES string of the molecule is N#Cc1ccc(CSc2cccc3cccnc23)c(Cl)c1. The Morgan fingerprint density at radius 1 is 1.14 bits per heavy atom. The molecule has 1 heterocycles. The molecule has 21 heavy (non-hydrogen) atoms. The summed E-state index contributed by atoms with van der Waals surface area (Å²) in [6.45, 7) is 0. The van der Waals surface area contributed by atoms with E-state index in [1.807, 2.05) is 18.2 Å². The third kappa shape index (κ3) is 3.02. The number of hydrogen-bond donors (Lipinski definition) is 0. The zero-order valence-electron chi connectivity index (χ0n) is 11.1. The van der Waals surface area contributed by atoms with Crippen LogP contribution in [0.2, 0.25) is 5.02 Å². The summed E-state index contributed by atoms with van der Waals surface area (Å²) in [4.78, 5) is 5.58. The van der Waals surface area contributed by atoms with Gasteiger partial charge in [-0.15, -0.1) is 11.8 Å². The third-order valence-corrected chi connectivity index (χ3v) is 4.61. The minimum atomic E-state index is 0.584. The van der Waals surface area contributed by atoms with Crippen molar-refractivity contribution in [3.8, 4) is 6.07 Å². The Kier molecular flexibility index (Phi) is 4.10. The first kappa shape index (κ1) is 13.9. The zero-order valence-corrected chi connectivity index (χ0v) is 12.7. The highest BCUT2D eigenvalue weighted by molar-refractivity contribution is 7.98. The lowest BCUT2D eigenvalue weighted by atomic mass is 10.2. The molecule has 3 aromatic rings. The van der Waals surface area contributed by atoms with E-state index in [9.17, 15) is 0 Å². The van der Waals surface area contributed by atoms with E-state index in [1.165, 1.54) is 0 Å². The molecule has 0 N–H and O–H groups in total. The number of thioether (sulfide) groups is 1. The van der Waals surface area contributed by atoms with Crippen molar-refractivity contribution in [1.82, 2.24) is 4.98 Å². The first-order valence-electron chi connectivity index (χ1n) is 6.43. The minimum Gasteiger partial charge on any atom is -0.255 e. The first-order chi connectivity index (χ1) is 10.3. The van der Waals surface area contributed by atoms with Crippen molar-refractivity contribution in [2.75, 3.05) is 0 Å². The molecule has 0 aliphatic heterocycles. The summed E-state index contributed by atoms with van der Waals surface area (Å²) in [7, 11) is 0. The summed E-state index contributed by atoms with van der Waals surface area (Å²) in [6.07, 6.45) is 1.81. The molecule has 0 unspecified atom stereocenters. The van der Waals surface area contributed by atoms with Gasteiger partial charge in [-0.2, -0.15) is 5.26 Å². The van der Waals surface area contributed by atoms with Crippen LogP contribution in [0.25, 0.3) is 10.9 Å². The van der Waals surface area contributed by atoms with Gasteiger partial charge in [0.1, 0.15) is 0 Å². The van der Waals surface area contributed by atoms with E-state index in [0.717, 1.165) is 27.1 Å². The van der Waals surface area contributed by atoms with Crippen molar-refractivity contribution in [2.45, 2.75) is 10.6 Å². The first-order valence-corrected chi connectivity index (χ1v) is 7.79. The lowest BCUT2D eigenvalue weighted by Crippen LogP contribution is -1.86.